The van der Waals surface area contributed by atoms with Crippen LogP contribution in [0.15, 0.2) is 0 Å². The quantitative estimate of drug-likeness (QED) is 0.679. The van der Waals surface area contributed by atoms with Crippen LogP contribution in [0.25, 0.3) is 0 Å². The maximum Gasteiger partial charge on any atom is 0.408 e. The number of aliphatic hydroxyl groups is 1. The second-order valence-corrected chi connectivity index (χ2v) is 5.60. The molecule has 2 N–H and O–H groups in total. The van der Waals surface area contributed by atoms with Crippen molar-refractivity contribution in [3.8, 4) is 0 Å². The fourth-order valence-corrected chi connectivity index (χ4v) is 2.50. The molecule has 0 spiro atoms. The van der Waals surface area contributed by atoms with Gasteiger partial charge in [-0.2, -0.15) is 0 Å². The molecule has 1 unspecified atom stereocenters. The fraction of sp³-hybridized carbons (Fsp3) is 0.917. The first kappa shape index (κ1) is 13.3. The van der Waals surface area contributed by atoms with Crippen molar-refractivity contribution >= 4 is 6.09 Å². The van der Waals surface area contributed by atoms with Gasteiger partial charge in [-0.05, 0) is 33.6 Å². The molecule has 0 aromatic carbocycles. The van der Waals surface area contributed by atoms with Gasteiger partial charge in [0.15, 0.2) is 0 Å². The van der Waals surface area contributed by atoms with Crippen LogP contribution in [-0.4, -0.2) is 38.9 Å². The Kier molecular flexibility index (Phi) is 4.19. The summed E-state index contributed by atoms with van der Waals surface area (Å²) in [6, 6.07) is -0.250. The van der Waals surface area contributed by atoms with E-state index in [1.807, 2.05) is 20.8 Å². The van der Waals surface area contributed by atoms with E-state index in [2.05, 4.69) is 0 Å². The summed E-state index contributed by atoms with van der Waals surface area (Å²) in [5.74, 6) is 0. The van der Waals surface area contributed by atoms with Crippen LogP contribution in [0, 0.1) is 0 Å². The lowest BCUT2D eigenvalue weighted by Gasteiger charge is -2.41. The fourth-order valence-electron chi connectivity index (χ4n) is 2.50. The van der Waals surface area contributed by atoms with E-state index in [9.17, 15) is 15.0 Å². The summed E-state index contributed by atoms with van der Waals surface area (Å²) >= 11 is 0. The maximum absolute atomic E-state index is 11.3. The minimum Gasteiger partial charge on any atom is -0.465 e. The van der Waals surface area contributed by atoms with Gasteiger partial charge < -0.3 is 10.2 Å². The van der Waals surface area contributed by atoms with Crippen molar-refractivity contribution in [1.82, 2.24) is 4.90 Å². The molecule has 2 atom stereocenters. The third kappa shape index (κ3) is 3.11. The van der Waals surface area contributed by atoms with Gasteiger partial charge in [0, 0.05) is 5.54 Å². The Morgan fingerprint density at radius 3 is 2.25 bits per heavy atom. The van der Waals surface area contributed by atoms with Gasteiger partial charge in [-0.15, -0.1) is 0 Å². The van der Waals surface area contributed by atoms with Gasteiger partial charge in [0.1, 0.15) is 0 Å². The van der Waals surface area contributed by atoms with Crippen LogP contribution in [-0.2, 0) is 0 Å². The standard InChI is InChI=1S/C12H23NO3/c1-12(2,3)13(11(15)16)9-7-5-4-6-8-10(9)14/h9-10,14H,4-8H2,1-3H3,(H,15,16)/t9?,10-/m0/s1. The van der Waals surface area contributed by atoms with Crippen LogP contribution < -0.4 is 0 Å². The average Bonchev–Trinajstić information content (AvgIpc) is 2.29. The molecule has 0 radical (unpaired) electrons. The summed E-state index contributed by atoms with van der Waals surface area (Å²) in [5.41, 5.74) is -0.457. The molecule has 0 saturated heterocycles. The molecule has 0 heterocycles. The van der Waals surface area contributed by atoms with E-state index < -0.39 is 17.7 Å². The third-order valence-corrected chi connectivity index (χ3v) is 3.20. The van der Waals surface area contributed by atoms with Crippen molar-refractivity contribution in [2.45, 2.75) is 70.6 Å². The third-order valence-electron chi connectivity index (χ3n) is 3.20. The predicted octanol–water partition coefficient (Wildman–Crippen LogP) is 2.46. The van der Waals surface area contributed by atoms with E-state index in [0.717, 1.165) is 25.7 Å². The SMILES string of the molecule is CC(C)(C)N(C(=O)O)C1CCCCC[C@@H]1O. The number of rotatable bonds is 1. The normalized spacial score (nSPS) is 27.2. The topological polar surface area (TPSA) is 60.8 Å². The lowest BCUT2D eigenvalue weighted by Crippen LogP contribution is -2.55. The molecule has 0 bridgehead atoms. The largest absolute Gasteiger partial charge is 0.465 e. The number of aliphatic hydroxyl groups excluding tert-OH is 1. The highest BCUT2D eigenvalue weighted by molar-refractivity contribution is 5.66. The zero-order valence-corrected chi connectivity index (χ0v) is 10.4. The van der Waals surface area contributed by atoms with Crippen molar-refractivity contribution in [3.05, 3.63) is 0 Å². The number of amides is 1. The molecule has 4 heteroatoms. The number of hydrogen-bond donors (Lipinski definition) is 2. The maximum atomic E-state index is 11.3. The lowest BCUT2D eigenvalue weighted by molar-refractivity contribution is 0.00442. The van der Waals surface area contributed by atoms with Crippen LogP contribution in [0.3, 0.4) is 0 Å². The Hall–Kier alpha value is -0.770. The Morgan fingerprint density at radius 1 is 1.19 bits per heavy atom. The average molecular weight is 229 g/mol. The van der Waals surface area contributed by atoms with E-state index in [-0.39, 0.29) is 6.04 Å². The van der Waals surface area contributed by atoms with Crippen LogP contribution >= 0.6 is 0 Å². The van der Waals surface area contributed by atoms with Crippen LogP contribution in [0.2, 0.25) is 0 Å². The van der Waals surface area contributed by atoms with Gasteiger partial charge in [0.2, 0.25) is 0 Å². The molecule has 1 aliphatic rings. The lowest BCUT2D eigenvalue weighted by atomic mass is 9.97. The highest BCUT2D eigenvalue weighted by atomic mass is 16.4. The van der Waals surface area contributed by atoms with E-state index in [1.165, 1.54) is 4.90 Å². The first-order valence-electron chi connectivity index (χ1n) is 6.04. The second kappa shape index (κ2) is 5.04. The van der Waals surface area contributed by atoms with E-state index in [0.29, 0.717) is 6.42 Å². The Labute approximate surface area is 97.3 Å². The summed E-state index contributed by atoms with van der Waals surface area (Å²) in [5, 5.41) is 19.3. The molecule has 1 aliphatic carbocycles. The van der Waals surface area contributed by atoms with Crippen molar-refractivity contribution in [3.63, 3.8) is 0 Å². The van der Waals surface area contributed by atoms with Crippen molar-refractivity contribution < 1.29 is 15.0 Å². The molecular formula is C12H23NO3. The van der Waals surface area contributed by atoms with Gasteiger partial charge in [0.25, 0.3) is 0 Å². The summed E-state index contributed by atoms with van der Waals surface area (Å²) in [4.78, 5) is 12.7. The zero-order chi connectivity index (χ0) is 12.3. The highest BCUT2D eigenvalue weighted by Gasteiger charge is 2.37. The molecule has 0 aliphatic heterocycles. The van der Waals surface area contributed by atoms with Gasteiger partial charge in [-0.1, -0.05) is 19.3 Å². The predicted molar refractivity (Wildman–Crippen MR) is 62.5 cm³/mol. The molecule has 1 saturated carbocycles. The number of carbonyl (C=O) groups is 1. The Bertz CT molecular complexity index is 247. The Balaban J connectivity index is 2.87. The molecule has 1 amide bonds. The molecule has 1 fully saturated rings. The summed E-state index contributed by atoms with van der Waals surface area (Å²) in [6.07, 6.45) is 3.12. The van der Waals surface area contributed by atoms with Crippen molar-refractivity contribution in [2.24, 2.45) is 0 Å². The molecule has 94 valence electrons. The van der Waals surface area contributed by atoms with Gasteiger partial charge in [-0.3, -0.25) is 4.90 Å². The Morgan fingerprint density at radius 2 is 1.75 bits per heavy atom. The minimum absolute atomic E-state index is 0.250. The molecule has 0 aromatic heterocycles. The van der Waals surface area contributed by atoms with Crippen LogP contribution in [0.1, 0.15) is 52.9 Å². The minimum atomic E-state index is -0.932. The molecule has 16 heavy (non-hydrogen) atoms. The molecule has 4 nitrogen and oxygen atoms in total. The van der Waals surface area contributed by atoms with Gasteiger partial charge >= 0.3 is 6.09 Å². The smallest absolute Gasteiger partial charge is 0.408 e. The van der Waals surface area contributed by atoms with Crippen molar-refractivity contribution in [1.29, 1.82) is 0 Å². The van der Waals surface area contributed by atoms with Crippen LogP contribution in [0.5, 0.6) is 0 Å². The first-order valence-corrected chi connectivity index (χ1v) is 6.04. The molecular weight excluding hydrogens is 206 g/mol. The number of carboxylic acid groups (broad SMARTS) is 1. The summed E-state index contributed by atoms with van der Waals surface area (Å²) < 4.78 is 0. The van der Waals surface area contributed by atoms with Gasteiger partial charge in [0.05, 0.1) is 12.1 Å². The second-order valence-electron chi connectivity index (χ2n) is 5.60. The van der Waals surface area contributed by atoms with E-state index in [1.54, 1.807) is 0 Å². The number of hydrogen-bond acceptors (Lipinski definition) is 2. The summed E-state index contributed by atoms with van der Waals surface area (Å²) in [6.45, 7) is 5.62. The zero-order valence-electron chi connectivity index (χ0n) is 10.4. The van der Waals surface area contributed by atoms with E-state index >= 15 is 0 Å². The van der Waals surface area contributed by atoms with E-state index in [4.69, 9.17) is 0 Å². The van der Waals surface area contributed by atoms with Gasteiger partial charge in [-0.25, -0.2) is 4.79 Å². The first-order chi connectivity index (χ1) is 7.34. The summed E-state index contributed by atoms with van der Waals surface area (Å²) in [7, 11) is 0. The van der Waals surface area contributed by atoms with Crippen molar-refractivity contribution in [2.75, 3.05) is 0 Å². The molecule has 1 rings (SSSR count). The monoisotopic (exact) mass is 229 g/mol. The molecule has 0 aromatic rings. The van der Waals surface area contributed by atoms with Crippen LogP contribution in [0.4, 0.5) is 4.79 Å². The number of nitrogens with zero attached hydrogens (tertiary/aromatic N) is 1. The highest BCUT2D eigenvalue weighted by Crippen LogP contribution is 2.27.